The maximum absolute atomic E-state index is 12.1. The van der Waals surface area contributed by atoms with Gasteiger partial charge in [-0.1, -0.05) is 35.3 Å². The number of benzene rings is 2. The van der Waals surface area contributed by atoms with Crippen molar-refractivity contribution in [1.82, 2.24) is 0 Å². The summed E-state index contributed by atoms with van der Waals surface area (Å²) in [7, 11) is 0. The number of nitro benzene ring substituents is 1. The molecule has 9 heteroatoms. The second-order valence-corrected chi connectivity index (χ2v) is 6.22. The molecule has 7 nitrogen and oxygen atoms in total. The fourth-order valence-electron chi connectivity index (χ4n) is 2.00. The van der Waals surface area contributed by atoms with Crippen LogP contribution in [0.3, 0.4) is 0 Å². The number of halogens is 2. The number of rotatable bonds is 6. The second-order valence-electron chi connectivity index (χ2n) is 5.38. The van der Waals surface area contributed by atoms with E-state index in [4.69, 9.17) is 27.9 Å². The maximum Gasteiger partial charge on any atom is 0.331 e. The lowest BCUT2D eigenvalue weighted by Crippen LogP contribution is -2.29. The van der Waals surface area contributed by atoms with Crippen LogP contribution in [0.4, 0.5) is 11.4 Å². The molecule has 1 N–H and O–H groups in total. The summed E-state index contributed by atoms with van der Waals surface area (Å²) in [4.78, 5) is 34.2. The number of esters is 1. The summed E-state index contributed by atoms with van der Waals surface area (Å²) in [5.74, 6) is -1.36. The van der Waals surface area contributed by atoms with Gasteiger partial charge in [0.2, 0.25) is 0 Å². The number of carbonyl (C=O) groups is 2. The molecule has 0 saturated heterocycles. The highest BCUT2D eigenvalue weighted by Crippen LogP contribution is 2.25. The third kappa shape index (κ3) is 6.09. The van der Waals surface area contributed by atoms with E-state index in [1.165, 1.54) is 43.3 Å². The molecule has 0 aromatic heterocycles. The standard InChI is InChI=1S/C18H14Cl2N2O5/c1-11(18(24)21-16-10-13(19)6-7-15(16)20)27-17(23)8-5-12-3-2-4-14(9-12)22(25)26/h2-11H,1H3,(H,21,24)/b8-5+. The molecule has 0 aliphatic carbocycles. The average Bonchev–Trinajstić information content (AvgIpc) is 2.63. The molecule has 140 valence electrons. The van der Waals surface area contributed by atoms with Crippen molar-refractivity contribution < 1.29 is 19.2 Å². The summed E-state index contributed by atoms with van der Waals surface area (Å²) in [6, 6.07) is 10.3. The lowest BCUT2D eigenvalue weighted by molar-refractivity contribution is -0.384. The molecule has 0 saturated carbocycles. The van der Waals surface area contributed by atoms with Crippen LogP contribution in [-0.2, 0) is 14.3 Å². The van der Waals surface area contributed by atoms with E-state index >= 15 is 0 Å². The molecule has 0 radical (unpaired) electrons. The number of nitro groups is 1. The van der Waals surface area contributed by atoms with Crippen molar-refractivity contribution in [2.24, 2.45) is 0 Å². The van der Waals surface area contributed by atoms with Crippen LogP contribution in [0, 0.1) is 10.1 Å². The number of amides is 1. The zero-order chi connectivity index (χ0) is 20.0. The Morgan fingerprint density at radius 3 is 2.67 bits per heavy atom. The van der Waals surface area contributed by atoms with Crippen molar-refractivity contribution in [2.75, 3.05) is 5.32 Å². The van der Waals surface area contributed by atoms with E-state index in [0.717, 1.165) is 6.08 Å². The summed E-state index contributed by atoms with van der Waals surface area (Å²) in [6.45, 7) is 1.40. The first-order valence-electron chi connectivity index (χ1n) is 7.65. The molecule has 2 aromatic rings. The Kier molecular flexibility index (Phi) is 6.92. The van der Waals surface area contributed by atoms with Gasteiger partial charge in [0.05, 0.1) is 15.6 Å². The van der Waals surface area contributed by atoms with Crippen LogP contribution in [0.2, 0.25) is 10.0 Å². The van der Waals surface area contributed by atoms with Gasteiger partial charge in [-0.25, -0.2) is 4.79 Å². The quantitative estimate of drug-likeness (QED) is 0.328. The van der Waals surface area contributed by atoms with E-state index in [0.29, 0.717) is 16.3 Å². The molecule has 0 spiro atoms. The molecular formula is C18H14Cl2N2O5. The molecular weight excluding hydrogens is 395 g/mol. The van der Waals surface area contributed by atoms with E-state index in [1.807, 2.05) is 0 Å². The summed E-state index contributed by atoms with van der Waals surface area (Å²) in [5.41, 5.74) is 0.643. The van der Waals surface area contributed by atoms with Gasteiger partial charge in [-0.3, -0.25) is 14.9 Å². The Labute approximate surface area is 164 Å². The maximum atomic E-state index is 12.1. The van der Waals surface area contributed by atoms with Crippen molar-refractivity contribution >= 4 is 52.5 Å². The number of nitrogens with zero attached hydrogens (tertiary/aromatic N) is 1. The third-order valence-electron chi connectivity index (χ3n) is 3.34. The van der Waals surface area contributed by atoms with Crippen LogP contribution in [0.5, 0.6) is 0 Å². The lowest BCUT2D eigenvalue weighted by Gasteiger charge is -2.13. The van der Waals surface area contributed by atoms with Gasteiger partial charge in [0.1, 0.15) is 0 Å². The van der Waals surface area contributed by atoms with Gasteiger partial charge in [0.15, 0.2) is 6.10 Å². The average molecular weight is 409 g/mol. The number of carbonyl (C=O) groups excluding carboxylic acids is 2. The topological polar surface area (TPSA) is 98.5 Å². The smallest absolute Gasteiger partial charge is 0.331 e. The molecule has 2 aromatic carbocycles. The third-order valence-corrected chi connectivity index (χ3v) is 3.91. The van der Waals surface area contributed by atoms with E-state index in [-0.39, 0.29) is 10.7 Å². The highest BCUT2D eigenvalue weighted by Gasteiger charge is 2.18. The van der Waals surface area contributed by atoms with Crippen molar-refractivity contribution in [3.63, 3.8) is 0 Å². The molecule has 0 fully saturated rings. The highest BCUT2D eigenvalue weighted by atomic mass is 35.5. The van der Waals surface area contributed by atoms with Gasteiger partial charge < -0.3 is 10.1 Å². The minimum atomic E-state index is -1.10. The van der Waals surface area contributed by atoms with Gasteiger partial charge in [-0.2, -0.15) is 0 Å². The van der Waals surface area contributed by atoms with Crippen LogP contribution in [-0.4, -0.2) is 22.9 Å². The molecule has 0 heterocycles. The van der Waals surface area contributed by atoms with Gasteiger partial charge >= 0.3 is 5.97 Å². The van der Waals surface area contributed by atoms with Crippen LogP contribution in [0.15, 0.2) is 48.5 Å². The van der Waals surface area contributed by atoms with Crippen LogP contribution in [0.25, 0.3) is 6.08 Å². The Balaban J connectivity index is 1.96. The lowest BCUT2D eigenvalue weighted by atomic mass is 10.2. The number of ether oxygens (including phenoxy) is 1. The predicted octanol–water partition coefficient (Wildman–Crippen LogP) is 4.49. The van der Waals surface area contributed by atoms with Crippen LogP contribution >= 0.6 is 23.2 Å². The predicted molar refractivity (Wildman–Crippen MR) is 103 cm³/mol. The fraction of sp³-hybridized carbons (Fsp3) is 0.111. The first-order chi connectivity index (χ1) is 12.8. The number of nitrogens with one attached hydrogen (secondary N) is 1. The Morgan fingerprint density at radius 1 is 1.22 bits per heavy atom. The molecule has 1 amide bonds. The molecule has 0 aliphatic heterocycles. The Bertz CT molecular complexity index is 914. The van der Waals surface area contributed by atoms with Gasteiger partial charge in [-0.05, 0) is 36.8 Å². The Morgan fingerprint density at radius 2 is 1.96 bits per heavy atom. The van der Waals surface area contributed by atoms with Gasteiger partial charge in [0, 0.05) is 23.2 Å². The van der Waals surface area contributed by atoms with Crippen molar-refractivity contribution in [3.8, 4) is 0 Å². The minimum Gasteiger partial charge on any atom is -0.449 e. The Hall–Kier alpha value is -2.90. The first-order valence-corrected chi connectivity index (χ1v) is 8.41. The number of hydrogen-bond donors (Lipinski definition) is 1. The normalized spacial score (nSPS) is 11.8. The highest BCUT2D eigenvalue weighted by molar-refractivity contribution is 6.35. The number of non-ortho nitro benzene ring substituents is 1. The summed E-state index contributed by atoms with van der Waals surface area (Å²) >= 11 is 11.8. The largest absolute Gasteiger partial charge is 0.449 e. The van der Waals surface area contributed by atoms with Gasteiger partial charge in [-0.15, -0.1) is 0 Å². The SMILES string of the molecule is CC(OC(=O)/C=C/c1cccc([N+](=O)[O-])c1)C(=O)Nc1cc(Cl)ccc1Cl. The van der Waals surface area contributed by atoms with Crippen molar-refractivity contribution in [2.45, 2.75) is 13.0 Å². The van der Waals surface area contributed by atoms with E-state index in [9.17, 15) is 19.7 Å². The molecule has 2 rings (SSSR count). The van der Waals surface area contributed by atoms with E-state index in [2.05, 4.69) is 5.32 Å². The second kappa shape index (κ2) is 9.16. The molecule has 27 heavy (non-hydrogen) atoms. The minimum absolute atomic E-state index is 0.100. The molecule has 0 aliphatic rings. The van der Waals surface area contributed by atoms with Gasteiger partial charge in [0.25, 0.3) is 11.6 Å². The summed E-state index contributed by atoms with van der Waals surface area (Å²) in [6.07, 6.45) is 1.34. The monoisotopic (exact) mass is 408 g/mol. The molecule has 1 unspecified atom stereocenters. The van der Waals surface area contributed by atoms with E-state index < -0.39 is 22.9 Å². The zero-order valence-corrected chi connectivity index (χ0v) is 15.5. The molecule has 0 bridgehead atoms. The number of hydrogen-bond acceptors (Lipinski definition) is 5. The van der Waals surface area contributed by atoms with E-state index in [1.54, 1.807) is 12.1 Å². The van der Waals surface area contributed by atoms with Crippen molar-refractivity contribution in [3.05, 3.63) is 74.3 Å². The first kappa shape index (κ1) is 20.4. The summed E-state index contributed by atoms with van der Waals surface area (Å²) in [5, 5.41) is 13.9. The zero-order valence-electron chi connectivity index (χ0n) is 14.0. The molecule has 1 atom stereocenters. The fourth-order valence-corrected chi connectivity index (χ4v) is 2.34. The number of anilines is 1. The van der Waals surface area contributed by atoms with Crippen LogP contribution in [0.1, 0.15) is 12.5 Å². The summed E-state index contributed by atoms with van der Waals surface area (Å²) < 4.78 is 5.01. The van der Waals surface area contributed by atoms with Crippen molar-refractivity contribution in [1.29, 1.82) is 0 Å². The van der Waals surface area contributed by atoms with Crippen LogP contribution < -0.4 is 5.32 Å².